The molecule has 2 aromatic carbocycles. The van der Waals surface area contributed by atoms with Crippen LogP contribution in [0.15, 0.2) is 40.8 Å². The van der Waals surface area contributed by atoms with E-state index < -0.39 is 0 Å². The van der Waals surface area contributed by atoms with Crippen molar-refractivity contribution in [3.63, 3.8) is 0 Å². The highest BCUT2D eigenvalue weighted by Crippen LogP contribution is 2.48. The van der Waals surface area contributed by atoms with E-state index in [1.807, 2.05) is 24.3 Å². The van der Waals surface area contributed by atoms with E-state index in [2.05, 4.69) is 24.1 Å². The van der Waals surface area contributed by atoms with Crippen LogP contribution in [0, 0.1) is 0 Å². The summed E-state index contributed by atoms with van der Waals surface area (Å²) in [6.45, 7) is 5.94. The maximum atomic E-state index is 12.5. The lowest BCUT2D eigenvalue weighted by atomic mass is 10.2. The van der Waals surface area contributed by atoms with E-state index in [0.717, 1.165) is 18.8 Å². The van der Waals surface area contributed by atoms with E-state index >= 15 is 0 Å². The molecular weight excluding hydrogens is 518 g/mol. The van der Waals surface area contributed by atoms with Crippen LogP contribution in [0.5, 0.6) is 5.75 Å². The minimum Gasteiger partial charge on any atom is -0.482 e. The number of carbonyl (C=O) groups excluding carboxylic acids is 1. The Morgan fingerprint density at radius 1 is 0.875 bits per heavy atom. The van der Waals surface area contributed by atoms with Gasteiger partial charge in [-0.25, -0.2) is 0 Å². The molecule has 1 N–H and O–H groups in total. The number of benzene rings is 2. The van der Waals surface area contributed by atoms with Crippen LogP contribution in [0.4, 0.5) is 11.4 Å². The van der Waals surface area contributed by atoms with E-state index in [4.69, 9.17) is 67.2 Å². The fourth-order valence-corrected chi connectivity index (χ4v) is 4.20. The summed E-state index contributed by atoms with van der Waals surface area (Å²) in [6.07, 6.45) is 0. The summed E-state index contributed by atoms with van der Waals surface area (Å²) in [4.78, 5) is 14.7. The summed E-state index contributed by atoms with van der Waals surface area (Å²) in [6, 6.07) is 10.8. The van der Waals surface area contributed by atoms with Gasteiger partial charge in [-0.05, 0) is 50.2 Å². The predicted molar refractivity (Wildman–Crippen MR) is 132 cm³/mol. The van der Waals surface area contributed by atoms with E-state index in [1.165, 1.54) is 0 Å². The zero-order valence-electron chi connectivity index (χ0n) is 17.1. The van der Waals surface area contributed by atoms with Gasteiger partial charge in [0.15, 0.2) is 11.5 Å². The van der Waals surface area contributed by atoms with E-state index in [1.54, 1.807) is 12.1 Å². The SMILES string of the molecule is CCN(CC)c1ccc(NC(=O)c2ccc(COc3c(Cl)c(Cl)c(Cl)c(Cl)c3Cl)o2)cc1. The second kappa shape index (κ2) is 10.9. The first-order chi connectivity index (χ1) is 15.3. The quantitative estimate of drug-likeness (QED) is 0.233. The van der Waals surface area contributed by atoms with E-state index in [9.17, 15) is 4.79 Å². The van der Waals surface area contributed by atoms with Crippen molar-refractivity contribution in [2.75, 3.05) is 23.3 Å². The molecule has 0 unspecified atom stereocenters. The molecule has 0 aliphatic carbocycles. The normalized spacial score (nSPS) is 10.8. The van der Waals surface area contributed by atoms with Crippen LogP contribution in [-0.4, -0.2) is 19.0 Å². The zero-order valence-corrected chi connectivity index (χ0v) is 20.9. The standard InChI is InChI=1S/C22H19Cl5N2O3/c1-3-29(4-2)13-7-5-12(6-8-13)28-22(30)15-10-9-14(32-15)11-31-21-19(26)17(24)16(23)18(25)20(21)27/h5-10H,3-4,11H2,1-2H3,(H,28,30). The van der Waals surface area contributed by atoms with Gasteiger partial charge in [0, 0.05) is 24.5 Å². The number of carbonyl (C=O) groups is 1. The molecule has 10 heteroatoms. The molecule has 3 aromatic rings. The summed E-state index contributed by atoms with van der Waals surface area (Å²) in [5.74, 6) is 0.186. The van der Waals surface area contributed by atoms with Gasteiger partial charge in [0.25, 0.3) is 5.91 Å². The molecule has 0 atom stereocenters. The smallest absolute Gasteiger partial charge is 0.291 e. The molecule has 0 spiro atoms. The predicted octanol–water partition coefficient (Wildman–Crippen LogP) is 8.22. The molecule has 0 aliphatic heterocycles. The second-order valence-electron chi connectivity index (χ2n) is 6.63. The van der Waals surface area contributed by atoms with Crippen LogP contribution in [-0.2, 0) is 6.61 Å². The Hall–Kier alpha value is -1.76. The Balaban J connectivity index is 1.66. The minimum absolute atomic E-state index is 0.0312. The van der Waals surface area contributed by atoms with Crippen molar-refractivity contribution in [3.8, 4) is 5.75 Å². The largest absolute Gasteiger partial charge is 0.482 e. The highest BCUT2D eigenvalue weighted by Gasteiger charge is 2.21. The summed E-state index contributed by atoms with van der Waals surface area (Å²) < 4.78 is 11.2. The summed E-state index contributed by atoms with van der Waals surface area (Å²) in [5, 5.41) is 2.97. The maximum Gasteiger partial charge on any atom is 0.291 e. The van der Waals surface area contributed by atoms with Crippen molar-refractivity contribution in [2.45, 2.75) is 20.5 Å². The molecule has 0 fully saturated rings. The Morgan fingerprint density at radius 3 is 2.00 bits per heavy atom. The van der Waals surface area contributed by atoms with Crippen LogP contribution >= 0.6 is 58.0 Å². The van der Waals surface area contributed by atoms with Crippen LogP contribution in [0.2, 0.25) is 25.1 Å². The average Bonchev–Trinajstić information content (AvgIpc) is 3.27. The third-order valence-corrected chi connectivity index (χ3v) is 6.91. The molecule has 1 aromatic heterocycles. The average molecular weight is 537 g/mol. The number of furan rings is 1. The molecule has 1 amide bonds. The highest BCUT2D eigenvalue weighted by atomic mass is 35.5. The molecule has 0 radical (unpaired) electrons. The van der Waals surface area contributed by atoms with Gasteiger partial charge in [0.05, 0.1) is 15.1 Å². The van der Waals surface area contributed by atoms with Crippen molar-refractivity contribution in [2.24, 2.45) is 0 Å². The summed E-state index contributed by atoms with van der Waals surface area (Å²) >= 11 is 30.4. The number of hydrogen-bond acceptors (Lipinski definition) is 4. The molecular formula is C22H19Cl5N2O3. The Labute approximate surface area is 211 Å². The third-order valence-electron chi connectivity index (χ3n) is 4.67. The molecule has 0 saturated carbocycles. The second-order valence-corrected chi connectivity index (χ2v) is 8.52. The third kappa shape index (κ3) is 5.41. The number of amides is 1. The first-order valence-electron chi connectivity index (χ1n) is 9.66. The van der Waals surface area contributed by atoms with Gasteiger partial charge in [-0.1, -0.05) is 58.0 Å². The molecule has 32 heavy (non-hydrogen) atoms. The summed E-state index contributed by atoms with van der Waals surface area (Å²) in [5.41, 5.74) is 1.74. The van der Waals surface area contributed by atoms with Crippen molar-refractivity contribution < 1.29 is 13.9 Å². The fourth-order valence-electron chi connectivity index (χ4n) is 2.97. The van der Waals surface area contributed by atoms with Gasteiger partial charge in [-0.15, -0.1) is 0 Å². The number of nitrogens with zero attached hydrogens (tertiary/aromatic N) is 1. The molecule has 170 valence electrons. The van der Waals surface area contributed by atoms with Crippen molar-refractivity contribution in [1.29, 1.82) is 0 Å². The van der Waals surface area contributed by atoms with Gasteiger partial charge in [0.2, 0.25) is 0 Å². The number of rotatable bonds is 8. The monoisotopic (exact) mass is 534 g/mol. The molecule has 0 bridgehead atoms. The van der Waals surface area contributed by atoms with Crippen molar-refractivity contribution in [3.05, 3.63) is 73.0 Å². The van der Waals surface area contributed by atoms with E-state index in [-0.39, 0.29) is 49.1 Å². The maximum absolute atomic E-state index is 12.5. The van der Waals surface area contributed by atoms with Crippen LogP contribution in [0.25, 0.3) is 0 Å². The van der Waals surface area contributed by atoms with E-state index in [0.29, 0.717) is 11.4 Å². The lowest BCUT2D eigenvalue weighted by Crippen LogP contribution is -2.21. The lowest BCUT2D eigenvalue weighted by molar-refractivity contribution is 0.0992. The summed E-state index contributed by atoms with van der Waals surface area (Å²) in [7, 11) is 0. The molecule has 0 saturated heterocycles. The molecule has 0 aliphatic rings. The number of anilines is 2. The first-order valence-corrected chi connectivity index (χ1v) is 11.5. The lowest BCUT2D eigenvalue weighted by Gasteiger charge is -2.21. The van der Waals surface area contributed by atoms with Gasteiger partial charge in [-0.2, -0.15) is 0 Å². The highest BCUT2D eigenvalue weighted by molar-refractivity contribution is 6.55. The number of ether oxygens (including phenoxy) is 1. The van der Waals surface area contributed by atoms with Crippen molar-refractivity contribution in [1.82, 2.24) is 0 Å². The fraction of sp³-hybridized carbons (Fsp3) is 0.227. The van der Waals surface area contributed by atoms with Gasteiger partial charge < -0.3 is 19.4 Å². The topological polar surface area (TPSA) is 54.7 Å². The van der Waals surface area contributed by atoms with Gasteiger partial charge in [-0.3, -0.25) is 4.79 Å². The first kappa shape index (κ1) is 24.9. The Kier molecular flexibility index (Phi) is 8.48. The number of hydrogen-bond donors (Lipinski definition) is 1. The Bertz CT molecular complexity index is 1080. The number of halogens is 5. The van der Waals surface area contributed by atoms with Gasteiger partial charge >= 0.3 is 0 Å². The van der Waals surface area contributed by atoms with Gasteiger partial charge in [0.1, 0.15) is 22.4 Å². The van der Waals surface area contributed by atoms with Crippen LogP contribution in [0.3, 0.4) is 0 Å². The van der Waals surface area contributed by atoms with Crippen LogP contribution < -0.4 is 15.0 Å². The zero-order chi connectivity index (χ0) is 23.4. The minimum atomic E-state index is -0.388. The Morgan fingerprint density at radius 2 is 1.44 bits per heavy atom. The molecule has 3 rings (SSSR count). The van der Waals surface area contributed by atoms with Crippen molar-refractivity contribution >= 4 is 75.3 Å². The van der Waals surface area contributed by atoms with Crippen LogP contribution in [0.1, 0.15) is 30.2 Å². The molecule has 1 heterocycles. The molecule has 5 nitrogen and oxygen atoms in total. The number of nitrogens with one attached hydrogen (secondary N) is 1.